The maximum atomic E-state index is 9.35. The van der Waals surface area contributed by atoms with Gasteiger partial charge in [-0.3, -0.25) is 0 Å². The van der Waals surface area contributed by atoms with Crippen molar-refractivity contribution in [1.82, 2.24) is 0 Å². The largest absolute Gasteiger partial charge is 2.00 e. The number of hydrogen-bond donors (Lipinski definition) is 2. The minimum atomic E-state index is -4.37. The minimum absolute atomic E-state index is 0. The van der Waals surface area contributed by atoms with E-state index in [0.29, 0.717) is 0 Å². The smallest absolute Gasteiger partial charge is 1.00 e. The molecule has 0 saturated heterocycles. The zero-order valence-electron chi connectivity index (χ0n) is 8.15. The molecule has 0 aromatic rings. The van der Waals surface area contributed by atoms with Crippen LogP contribution in [-0.2, 0) is 9.01 Å². The van der Waals surface area contributed by atoms with Crippen molar-refractivity contribution in [3.05, 3.63) is 0 Å². The molecule has 2 N–H and O–H groups in total. The normalized spacial score (nSPS) is 8.75. The summed E-state index contributed by atoms with van der Waals surface area (Å²) in [6, 6.07) is 0. The van der Waals surface area contributed by atoms with Crippen LogP contribution in [0.3, 0.4) is 0 Å². The van der Waals surface area contributed by atoms with Crippen LogP contribution in [0.25, 0.3) is 0 Å². The van der Waals surface area contributed by atoms with E-state index >= 15 is 0 Å². The molecule has 0 amide bonds. The molecule has 0 spiro atoms. The first-order valence-electron chi connectivity index (χ1n) is 1.00. The summed E-state index contributed by atoms with van der Waals surface area (Å²) in [6.45, 7) is 0. The molecule has 2 radical (unpaired) electrons. The SMILES string of the molecule is [B]OP(=O)(O)O.[Ba+2].[H-].[H-].[H-].[H-].[Mg+2]. The monoisotopic (exact) mass is 274 g/mol. The van der Waals surface area contributed by atoms with Gasteiger partial charge in [-0.1, -0.05) is 0 Å². The van der Waals surface area contributed by atoms with E-state index in [1.54, 1.807) is 0 Å². The zero-order valence-corrected chi connectivity index (χ0v) is 10.9. The van der Waals surface area contributed by atoms with E-state index < -0.39 is 7.82 Å². The Morgan fingerprint density at radius 1 is 1.62 bits per heavy atom. The molecule has 0 atom stereocenters. The van der Waals surface area contributed by atoms with Crippen LogP contribution in [0, 0.1) is 0 Å². The Bertz CT molecular complexity index is 91.1. The van der Waals surface area contributed by atoms with Crippen molar-refractivity contribution in [2.24, 2.45) is 0 Å². The first-order chi connectivity index (χ1) is 2.56. The van der Waals surface area contributed by atoms with Gasteiger partial charge in [0.25, 0.3) is 8.05 Å². The summed E-state index contributed by atoms with van der Waals surface area (Å²) in [4.78, 5) is 15.2. The minimum Gasteiger partial charge on any atom is -1.00 e. The zero-order chi connectivity index (χ0) is 5.21. The Morgan fingerprint density at radius 3 is 1.75 bits per heavy atom. The fourth-order valence-electron chi connectivity index (χ4n) is 0. The second kappa shape index (κ2) is 7.62. The summed E-state index contributed by atoms with van der Waals surface area (Å²) in [5.41, 5.74) is 0. The third kappa shape index (κ3) is 15.8. The molecule has 0 saturated carbocycles. The Labute approximate surface area is 111 Å². The Balaban J connectivity index is -0.00000000833. The van der Waals surface area contributed by atoms with Crippen LogP contribution in [-0.4, -0.2) is 89.8 Å². The van der Waals surface area contributed by atoms with Crippen LogP contribution in [0.2, 0.25) is 0 Å². The fourth-order valence-corrected chi connectivity index (χ4v) is 0. The average Bonchev–Trinajstić information content (AvgIpc) is 1.35. The van der Waals surface area contributed by atoms with Crippen molar-refractivity contribution in [1.29, 1.82) is 0 Å². The molecule has 0 aromatic carbocycles. The maximum absolute atomic E-state index is 9.35. The third-order valence-corrected chi connectivity index (χ3v) is 0.412. The van der Waals surface area contributed by atoms with E-state index in [0.717, 1.165) is 0 Å². The summed E-state index contributed by atoms with van der Waals surface area (Å²) >= 11 is 0. The van der Waals surface area contributed by atoms with Crippen molar-refractivity contribution >= 4 is 87.8 Å². The molecule has 0 aliphatic heterocycles. The van der Waals surface area contributed by atoms with Crippen LogP contribution in [0.15, 0.2) is 0 Å². The Hall–Kier alpha value is 2.51. The molecule has 8 heavy (non-hydrogen) atoms. The summed E-state index contributed by atoms with van der Waals surface area (Å²) in [7, 11) is -0.326. The second-order valence-electron chi connectivity index (χ2n) is 0.596. The van der Waals surface area contributed by atoms with E-state index in [1.807, 2.05) is 0 Å². The summed E-state index contributed by atoms with van der Waals surface area (Å²) in [5, 5.41) is 0. The molecule has 42 valence electrons. The number of hydrogen-bond acceptors (Lipinski definition) is 2. The molecular weight excluding hydrogens is 267 g/mol. The van der Waals surface area contributed by atoms with Crippen LogP contribution in [0.4, 0.5) is 0 Å². The number of phosphoric acid groups is 1. The van der Waals surface area contributed by atoms with Gasteiger partial charge in [0.05, 0.1) is 0 Å². The van der Waals surface area contributed by atoms with Crippen LogP contribution in [0.5, 0.6) is 0 Å². The van der Waals surface area contributed by atoms with Crippen molar-refractivity contribution < 1.29 is 24.5 Å². The maximum Gasteiger partial charge on any atom is 2.00 e. The molecule has 0 aliphatic rings. The summed E-state index contributed by atoms with van der Waals surface area (Å²) in [6.07, 6.45) is 0. The van der Waals surface area contributed by atoms with Gasteiger partial charge >= 0.3 is 79.8 Å². The van der Waals surface area contributed by atoms with E-state index in [2.05, 4.69) is 12.5 Å². The predicted octanol–water partition coefficient (Wildman–Crippen LogP) is -1.13. The van der Waals surface area contributed by atoms with Crippen molar-refractivity contribution in [3.63, 3.8) is 0 Å². The van der Waals surface area contributed by atoms with Gasteiger partial charge < -0.3 is 19.9 Å². The average molecular weight is 273 g/mol. The van der Waals surface area contributed by atoms with Crippen molar-refractivity contribution in [3.8, 4) is 0 Å². The molecule has 0 aliphatic carbocycles. The van der Waals surface area contributed by atoms with Crippen molar-refractivity contribution in [2.45, 2.75) is 0 Å². The second-order valence-corrected chi connectivity index (χ2v) is 1.79. The predicted molar refractivity (Wildman–Crippen MR) is 34.8 cm³/mol. The van der Waals surface area contributed by atoms with Crippen LogP contribution in [0.1, 0.15) is 5.71 Å². The van der Waals surface area contributed by atoms with Gasteiger partial charge in [-0.25, -0.2) is 4.57 Å². The molecule has 0 heterocycles. The Morgan fingerprint density at radius 2 is 1.75 bits per heavy atom. The van der Waals surface area contributed by atoms with Gasteiger partial charge in [-0.05, 0) is 0 Å². The summed E-state index contributed by atoms with van der Waals surface area (Å²) in [5.74, 6) is 0. The molecule has 0 fully saturated rings. The molecule has 8 heteroatoms. The quantitative estimate of drug-likeness (QED) is 0.469. The van der Waals surface area contributed by atoms with Gasteiger partial charge in [0.1, 0.15) is 0 Å². The van der Waals surface area contributed by atoms with Gasteiger partial charge in [0.2, 0.25) is 0 Å². The van der Waals surface area contributed by atoms with E-state index in [9.17, 15) is 4.57 Å². The third-order valence-electron chi connectivity index (χ3n) is 0.137. The van der Waals surface area contributed by atoms with Gasteiger partial charge in [-0.2, -0.15) is 0 Å². The molecule has 0 bridgehead atoms. The standard InChI is InChI=1S/BH2O4P.Ba.Mg.4H/c1-5-6(2,3)4;;;;;;/h(H2,2,3,4);;;;;;/q;2*+2;4*-1. The van der Waals surface area contributed by atoms with E-state index in [4.69, 9.17) is 9.79 Å². The molecule has 0 unspecified atom stereocenters. The fraction of sp³-hybridized carbons (Fsp3) is 0. The molecule has 4 nitrogen and oxygen atoms in total. The van der Waals surface area contributed by atoms with Gasteiger partial charge in [0, 0.05) is 0 Å². The van der Waals surface area contributed by atoms with Gasteiger partial charge in [-0.15, -0.1) is 0 Å². The number of rotatable bonds is 1. The van der Waals surface area contributed by atoms with E-state index in [-0.39, 0.29) is 77.6 Å². The van der Waals surface area contributed by atoms with Gasteiger partial charge in [0.15, 0.2) is 0 Å². The molecule has 0 rings (SSSR count). The Kier molecular flexibility index (Phi) is 16.0. The topological polar surface area (TPSA) is 66.8 Å². The van der Waals surface area contributed by atoms with Crippen LogP contribution < -0.4 is 0 Å². The first-order valence-corrected chi connectivity index (χ1v) is 2.53. The van der Waals surface area contributed by atoms with Crippen LogP contribution >= 0.6 is 7.82 Å². The first kappa shape index (κ1) is 16.9. The molecular formula is H6BBaMgO4P. The van der Waals surface area contributed by atoms with Crippen molar-refractivity contribution in [2.75, 3.05) is 0 Å². The molecule has 0 aromatic heterocycles. The summed E-state index contributed by atoms with van der Waals surface area (Å²) < 4.78 is 12.5. The van der Waals surface area contributed by atoms with E-state index in [1.165, 1.54) is 0 Å².